The molecule has 0 aliphatic carbocycles. The minimum atomic E-state index is -0.00715. The maximum Gasteiger partial charge on any atom is 0.233 e. The number of pyridine rings is 1. The molecule has 0 unspecified atom stereocenters. The fourth-order valence-corrected chi connectivity index (χ4v) is 4.11. The van der Waals surface area contributed by atoms with Crippen molar-refractivity contribution in [1.29, 1.82) is 0 Å². The summed E-state index contributed by atoms with van der Waals surface area (Å²) in [6.45, 7) is 2.41. The number of fused-ring (bicyclic) bond motifs is 1. The van der Waals surface area contributed by atoms with Crippen LogP contribution < -0.4 is 9.64 Å². The van der Waals surface area contributed by atoms with Crippen molar-refractivity contribution in [2.75, 3.05) is 12.0 Å². The number of benzene rings is 2. The molecule has 2 heterocycles. The summed E-state index contributed by atoms with van der Waals surface area (Å²) in [5.41, 5.74) is 3.77. The van der Waals surface area contributed by atoms with Crippen molar-refractivity contribution in [2.45, 2.75) is 19.9 Å². The maximum atomic E-state index is 13.3. The zero-order valence-corrected chi connectivity index (χ0v) is 17.1. The molecule has 146 valence electrons. The molecule has 0 saturated heterocycles. The van der Waals surface area contributed by atoms with Crippen LogP contribution in [-0.2, 0) is 17.8 Å². The molecule has 0 N–H and O–H groups in total. The predicted molar refractivity (Wildman–Crippen MR) is 116 cm³/mol. The fraction of sp³-hybridized carbons (Fsp3) is 0.174. The summed E-state index contributed by atoms with van der Waals surface area (Å²) >= 11 is 1.50. The molecule has 0 aliphatic rings. The Balaban J connectivity index is 1.68. The molecule has 4 rings (SSSR count). The second kappa shape index (κ2) is 8.41. The fourth-order valence-electron chi connectivity index (χ4n) is 3.15. The standard InChI is InChI=1S/C23H21N3O2S/c1-16-6-5-7-17(12-16)13-22(27)26(15-18-8-3-4-11-24-18)23-25-20-14-19(28-2)9-10-21(20)29-23/h3-12,14H,13,15H2,1-2H3. The zero-order chi connectivity index (χ0) is 20.2. The van der Waals surface area contributed by atoms with E-state index in [1.807, 2.05) is 67.6 Å². The minimum absolute atomic E-state index is 0.00715. The molecular weight excluding hydrogens is 382 g/mol. The first-order chi connectivity index (χ1) is 14.1. The number of aromatic nitrogens is 2. The zero-order valence-electron chi connectivity index (χ0n) is 16.3. The van der Waals surface area contributed by atoms with Gasteiger partial charge in [-0.05, 0) is 36.8 Å². The summed E-state index contributed by atoms with van der Waals surface area (Å²) < 4.78 is 6.31. The van der Waals surface area contributed by atoms with Crippen molar-refractivity contribution in [3.8, 4) is 5.75 Å². The average Bonchev–Trinajstić information content (AvgIpc) is 3.15. The van der Waals surface area contributed by atoms with Crippen LogP contribution in [0.3, 0.4) is 0 Å². The summed E-state index contributed by atoms with van der Waals surface area (Å²) in [6, 6.07) is 19.5. The number of nitrogens with zero attached hydrogens (tertiary/aromatic N) is 3. The van der Waals surface area contributed by atoms with Gasteiger partial charge in [0.1, 0.15) is 5.75 Å². The first-order valence-electron chi connectivity index (χ1n) is 9.33. The van der Waals surface area contributed by atoms with Crippen LogP contribution in [0.15, 0.2) is 66.9 Å². The highest BCUT2D eigenvalue weighted by Crippen LogP contribution is 2.32. The monoisotopic (exact) mass is 403 g/mol. The van der Waals surface area contributed by atoms with Crippen LogP contribution in [0.5, 0.6) is 5.75 Å². The van der Waals surface area contributed by atoms with E-state index in [1.54, 1.807) is 18.2 Å². The van der Waals surface area contributed by atoms with Gasteiger partial charge >= 0.3 is 0 Å². The van der Waals surface area contributed by atoms with Gasteiger partial charge in [-0.3, -0.25) is 14.7 Å². The van der Waals surface area contributed by atoms with Gasteiger partial charge in [0.15, 0.2) is 5.13 Å². The topological polar surface area (TPSA) is 55.3 Å². The normalized spacial score (nSPS) is 10.8. The van der Waals surface area contributed by atoms with Gasteiger partial charge in [-0.2, -0.15) is 0 Å². The van der Waals surface area contributed by atoms with E-state index in [-0.39, 0.29) is 5.91 Å². The number of amides is 1. The molecule has 0 aliphatic heterocycles. The summed E-state index contributed by atoms with van der Waals surface area (Å²) in [7, 11) is 1.63. The SMILES string of the molecule is COc1ccc2sc(N(Cc3ccccn3)C(=O)Cc3cccc(C)c3)nc2c1. The molecule has 0 atom stereocenters. The van der Waals surface area contributed by atoms with Crippen LogP contribution in [0.2, 0.25) is 0 Å². The third kappa shape index (κ3) is 4.43. The van der Waals surface area contributed by atoms with Crippen molar-refractivity contribution >= 4 is 32.6 Å². The van der Waals surface area contributed by atoms with Gasteiger partial charge in [-0.15, -0.1) is 0 Å². The van der Waals surface area contributed by atoms with Crippen LogP contribution in [0.25, 0.3) is 10.2 Å². The molecule has 0 bridgehead atoms. The van der Waals surface area contributed by atoms with E-state index in [1.165, 1.54) is 11.3 Å². The highest BCUT2D eigenvalue weighted by Gasteiger charge is 2.21. The van der Waals surface area contributed by atoms with Gasteiger partial charge in [0, 0.05) is 12.3 Å². The molecule has 6 heteroatoms. The maximum absolute atomic E-state index is 13.3. The number of methoxy groups -OCH3 is 1. The first-order valence-corrected chi connectivity index (χ1v) is 10.1. The van der Waals surface area contributed by atoms with Gasteiger partial charge in [0.25, 0.3) is 0 Å². The molecule has 1 amide bonds. The number of hydrogen-bond acceptors (Lipinski definition) is 5. The number of anilines is 1. The van der Waals surface area contributed by atoms with Gasteiger partial charge in [-0.1, -0.05) is 47.2 Å². The average molecular weight is 404 g/mol. The summed E-state index contributed by atoms with van der Waals surface area (Å²) in [5, 5.41) is 0.663. The molecule has 29 heavy (non-hydrogen) atoms. The molecule has 0 radical (unpaired) electrons. The van der Waals surface area contributed by atoms with E-state index >= 15 is 0 Å². The first kappa shape index (κ1) is 19.1. The van der Waals surface area contributed by atoms with Crippen molar-refractivity contribution < 1.29 is 9.53 Å². The number of aryl methyl sites for hydroxylation is 1. The quantitative estimate of drug-likeness (QED) is 0.465. The van der Waals surface area contributed by atoms with E-state index in [4.69, 9.17) is 9.72 Å². The lowest BCUT2D eigenvalue weighted by Crippen LogP contribution is -2.32. The summed E-state index contributed by atoms with van der Waals surface area (Å²) in [4.78, 5) is 24.1. The number of rotatable bonds is 6. The van der Waals surface area contributed by atoms with Crippen molar-refractivity contribution in [3.05, 3.63) is 83.7 Å². The minimum Gasteiger partial charge on any atom is -0.497 e. The van der Waals surface area contributed by atoms with E-state index in [0.29, 0.717) is 18.1 Å². The second-order valence-electron chi connectivity index (χ2n) is 6.80. The van der Waals surface area contributed by atoms with Gasteiger partial charge in [0.2, 0.25) is 5.91 Å². The Morgan fingerprint density at radius 3 is 2.76 bits per heavy atom. The largest absolute Gasteiger partial charge is 0.497 e. The van der Waals surface area contributed by atoms with Crippen molar-refractivity contribution in [2.24, 2.45) is 0 Å². The highest BCUT2D eigenvalue weighted by atomic mass is 32.1. The molecule has 5 nitrogen and oxygen atoms in total. The van der Waals surface area contributed by atoms with Crippen molar-refractivity contribution in [3.63, 3.8) is 0 Å². The van der Waals surface area contributed by atoms with Crippen LogP contribution in [-0.4, -0.2) is 23.0 Å². The highest BCUT2D eigenvalue weighted by molar-refractivity contribution is 7.22. The lowest BCUT2D eigenvalue weighted by Gasteiger charge is -2.19. The van der Waals surface area contributed by atoms with Crippen molar-refractivity contribution in [1.82, 2.24) is 9.97 Å². The van der Waals surface area contributed by atoms with Crippen LogP contribution in [0.4, 0.5) is 5.13 Å². The van der Waals surface area contributed by atoms with Crippen LogP contribution in [0.1, 0.15) is 16.8 Å². The predicted octanol–water partition coefficient (Wildman–Crippen LogP) is 4.78. The van der Waals surface area contributed by atoms with Gasteiger partial charge < -0.3 is 4.74 Å². The van der Waals surface area contributed by atoms with Gasteiger partial charge in [-0.25, -0.2) is 4.98 Å². The van der Waals surface area contributed by atoms with Gasteiger partial charge in [0.05, 0.1) is 36.0 Å². The lowest BCUT2D eigenvalue weighted by molar-refractivity contribution is -0.118. The number of carbonyl (C=O) groups excluding carboxylic acids is 1. The molecule has 2 aromatic heterocycles. The molecule has 4 aromatic rings. The van der Waals surface area contributed by atoms with E-state index in [9.17, 15) is 4.79 Å². The Kier molecular flexibility index (Phi) is 5.53. The smallest absolute Gasteiger partial charge is 0.233 e. The molecule has 0 fully saturated rings. The number of thiazole rings is 1. The van der Waals surface area contributed by atoms with E-state index < -0.39 is 0 Å². The van der Waals surface area contributed by atoms with Crippen LogP contribution >= 0.6 is 11.3 Å². The number of hydrogen-bond donors (Lipinski definition) is 0. The third-order valence-corrected chi connectivity index (χ3v) is 5.66. The van der Waals surface area contributed by atoms with Crippen LogP contribution in [0, 0.1) is 6.92 Å². The Bertz CT molecular complexity index is 1140. The molecule has 0 saturated carbocycles. The Morgan fingerprint density at radius 2 is 2.00 bits per heavy atom. The molecule has 2 aromatic carbocycles. The van der Waals surface area contributed by atoms with E-state index in [0.717, 1.165) is 32.8 Å². The van der Waals surface area contributed by atoms with E-state index in [2.05, 4.69) is 4.98 Å². The number of carbonyl (C=O) groups is 1. The molecule has 0 spiro atoms. The Morgan fingerprint density at radius 1 is 1.10 bits per heavy atom. The Labute approximate surface area is 173 Å². The summed E-state index contributed by atoms with van der Waals surface area (Å²) in [6.07, 6.45) is 2.05. The lowest BCUT2D eigenvalue weighted by atomic mass is 10.1. The summed E-state index contributed by atoms with van der Waals surface area (Å²) in [5.74, 6) is 0.740. The second-order valence-corrected chi connectivity index (χ2v) is 7.81. The Hall–Kier alpha value is -3.25. The third-order valence-electron chi connectivity index (χ3n) is 4.60. The molecular formula is C23H21N3O2S. The number of ether oxygens (including phenoxy) is 1.